The van der Waals surface area contributed by atoms with E-state index in [4.69, 9.17) is 0 Å². The van der Waals surface area contributed by atoms with E-state index in [1.165, 1.54) is 19.3 Å². The van der Waals surface area contributed by atoms with Gasteiger partial charge in [-0.3, -0.25) is 9.69 Å². The molecule has 1 aliphatic carbocycles. The van der Waals surface area contributed by atoms with E-state index in [0.29, 0.717) is 12.0 Å². The number of aromatic amines is 1. The predicted octanol–water partition coefficient (Wildman–Crippen LogP) is 4.15. The van der Waals surface area contributed by atoms with Crippen molar-refractivity contribution in [3.05, 3.63) is 51.6 Å². The van der Waals surface area contributed by atoms with Crippen LogP contribution in [0.5, 0.6) is 0 Å². The minimum absolute atomic E-state index is 0.0417. The molecule has 3 aromatic rings. The second-order valence-electron chi connectivity index (χ2n) is 9.54. The molecule has 164 valence electrons. The number of hydrogen-bond acceptors (Lipinski definition) is 5. The number of aryl methyl sites for hydroxylation is 1. The summed E-state index contributed by atoms with van der Waals surface area (Å²) in [5.74, 6) is 1.53. The van der Waals surface area contributed by atoms with Gasteiger partial charge in [-0.15, -0.1) is 5.10 Å². The van der Waals surface area contributed by atoms with E-state index >= 15 is 0 Å². The third-order valence-electron chi connectivity index (χ3n) is 7.19. The van der Waals surface area contributed by atoms with Gasteiger partial charge >= 0.3 is 0 Å². The lowest BCUT2D eigenvalue weighted by molar-refractivity contribution is 0.146. The number of rotatable bonds is 4. The standard InChI is InChI=1S/C24H32N6O/c1-16-10-12-29(13-11-16)22(23-26-27-28-30(23)19-6-4-3-5-7-19)20-15-18-9-8-17(2)14-21(18)25-24(20)31/h8-9,14-16,19,22H,3-7,10-13H2,1-2H3,(H,25,31)/t22-/m1/s1. The molecule has 31 heavy (non-hydrogen) atoms. The fraction of sp³-hybridized carbons (Fsp3) is 0.583. The van der Waals surface area contributed by atoms with Gasteiger partial charge in [-0.05, 0) is 85.1 Å². The average molecular weight is 421 g/mol. The number of pyridine rings is 1. The zero-order valence-corrected chi connectivity index (χ0v) is 18.5. The van der Waals surface area contributed by atoms with Crippen LogP contribution in [-0.2, 0) is 0 Å². The summed E-state index contributed by atoms with van der Waals surface area (Å²) in [6.07, 6.45) is 8.19. The summed E-state index contributed by atoms with van der Waals surface area (Å²) in [7, 11) is 0. The van der Waals surface area contributed by atoms with Crippen LogP contribution < -0.4 is 5.56 Å². The van der Waals surface area contributed by atoms with Crippen LogP contribution in [0.2, 0.25) is 0 Å². The quantitative estimate of drug-likeness (QED) is 0.686. The van der Waals surface area contributed by atoms with Gasteiger partial charge in [-0.2, -0.15) is 0 Å². The first-order valence-electron chi connectivity index (χ1n) is 11.8. The van der Waals surface area contributed by atoms with Crippen molar-refractivity contribution in [2.75, 3.05) is 13.1 Å². The molecule has 1 N–H and O–H groups in total. The lowest BCUT2D eigenvalue weighted by atomic mass is 9.93. The number of tetrazole rings is 1. The van der Waals surface area contributed by atoms with Crippen LogP contribution in [-0.4, -0.2) is 43.2 Å². The minimum atomic E-state index is -0.223. The van der Waals surface area contributed by atoms with E-state index in [1.807, 2.05) is 17.7 Å². The van der Waals surface area contributed by atoms with E-state index < -0.39 is 0 Å². The lowest BCUT2D eigenvalue weighted by Crippen LogP contribution is -2.40. The molecule has 1 saturated carbocycles. The van der Waals surface area contributed by atoms with Crippen LogP contribution in [0.4, 0.5) is 0 Å². The molecule has 2 fully saturated rings. The van der Waals surface area contributed by atoms with Gasteiger partial charge in [0.15, 0.2) is 5.82 Å². The Morgan fingerprint density at radius 1 is 1.06 bits per heavy atom. The molecule has 5 rings (SSSR count). The number of H-pyrrole nitrogens is 1. The van der Waals surface area contributed by atoms with Crippen LogP contribution in [0.1, 0.15) is 80.9 Å². The van der Waals surface area contributed by atoms with Gasteiger partial charge < -0.3 is 4.98 Å². The SMILES string of the molecule is Cc1ccc2cc([C@H](c3nnnn3C3CCCCC3)N3CCC(C)CC3)c(=O)[nH]c2c1. The first-order chi connectivity index (χ1) is 15.1. The number of fused-ring (bicyclic) bond motifs is 1. The molecule has 0 spiro atoms. The molecular weight excluding hydrogens is 388 g/mol. The maximum atomic E-state index is 13.3. The topological polar surface area (TPSA) is 79.7 Å². The van der Waals surface area contributed by atoms with Crippen LogP contribution >= 0.6 is 0 Å². The van der Waals surface area contributed by atoms with Gasteiger partial charge in [0.25, 0.3) is 5.56 Å². The van der Waals surface area contributed by atoms with Gasteiger partial charge in [0.2, 0.25) is 0 Å². The first-order valence-corrected chi connectivity index (χ1v) is 11.8. The zero-order valence-electron chi connectivity index (χ0n) is 18.5. The van der Waals surface area contributed by atoms with Crippen LogP contribution in [0.25, 0.3) is 10.9 Å². The zero-order chi connectivity index (χ0) is 21.4. The van der Waals surface area contributed by atoms with Crippen LogP contribution in [0.15, 0.2) is 29.1 Å². The number of nitrogens with one attached hydrogen (secondary N) is 1. The molecule has 2 aromatic heterocycles. The molecule has 7 nitrogen and oxygen atoms in total. The second kappa shape index (κ2) is 8.54. The third-order valence-corrected chi connectivity index (χ3v) is 7.19. The van der Waals surface area contributed by atoms with Gasteiger partial charge in [0, 0.05) is 11.1 Å². The van der Waals surface area contributed by atoms with E-state index in [0.717, 1.165) is 66.6 Å². The fourth-order valence-corrected chi connectivity index (χ4v) is 5.29. The summed E-state index contributed by atoms with van der Waals surface area (Å²) >= 11 is 0. The maximum Gasteiger partial charge on any atom is 0.253 e. The number of likely N-dealkylation sites (tertiary alicyclic amines) is 1. The highest BCUT2D eigenvalue weighted by Crippen LogP contribution is 2.34. The average Bonchev–Trinajstić information content (AvgIpc) is 3.26. The van der Waals surface area contributed by atoms with E-state index in [9.17, 15) is 4.79 Å². The number of piperidine rings is 1. The second-order valence-corrected chi connectivity index (χ2v) is 9.54. The largest absolute Gasteiger partial charge is 0.322 e. The summed E-state index contributed by atoms with van der Waals surface area (Å²) in [6, 6.07) is 8.36. The van der Waals surface area contributed by atoms with E-state index in [-0.39, 0.29) is 11.6 Å². The van der Waals surface area contributed by atoms with Crippen molar-refractivity contribution < 1.29 is 0 Å². The van der Waals surface area contributed by atoms with Crippen molar-refractivity contribution in [3.8, 4) is 0 Å². The number of nitrogens with zero attached hydrogens (tertiary/aromatic N) is 5. The van der Waals surface area contributed by atoms with Crippen molar-refractivity contribution in [1.29, 1.82) is 0 Å². The maximum absolute atomic E-state index is 13.3. The summed E-state index contributed by atoms with van der Waals surface area (Å²) in [5.41, 5.74) is 2.73. The minimum Gasteiger partial charge on any atom is -0.322 e. The highest BCUT2D eigenvalue weighted by atomic mass is 16.1. The Kier molecular flexibility index (Phi) is 5.61. The summed E-state index contributed by atoms with van der Waals surface area (Å²) in [5, 5.41) is 14.1. The molecule has 1 aliphatic heterocycles. The molecule has 3 heterocycles. The van der Waals surface area contributed by atoms with E-state index in [1.54, 1.807) is 0 Å². The Morgan fingerprint density at radius 3 is 2.61 bits per heavy atom. The van der Waals surface area contributed by atoms with Gasteiger partial charge in [0.05, 0.1) is 6.04 Å². The first kappa shape index (κ1) is 20.4. The predicted molar refractivity (Wildman–Crippen MR) is 121 cm³/mol. The molecule has 7 heteroatoms. The van der Waals surface area contributed by atoms with Crippen molar-refractivity contribution in [2.45, 2.75) is 70.9 Å². The third kappa shape index (κ3) is 4.03. The Hall–Kier alpha value is -2.54. The Balaban J connectivity index is 1.62. The van der Waals surface area contributed by atoms with Crippen molar-refractivity contribution in [3.63, 3.8) is 0 Å². The highest BCUT2D eigenvalue weighted by Gasteiger charge is 2.34. The van der Waals surface area contributed by atoms with Gasteiger partial charge in [-0.25, -0.2) is 4.68 Å². The molecule has 1 atom stereocenters. The van der Waals surface area contributed by atoms with Crippen molar-refractivity contribution in [2.24, 2.45) is 5.92 Å². The summed E-state index contributed by atoms with van der Waals surface area (Å²) in [4.78, 5) is 18.9. The molecule has 0 amide bonds. The highest BCUT2D eigenvalue weighted by molar-refractivity contribution is 5.79. The fourth-order valence-electron chi connectivity index (χ4n) is 5.29. The Bertz CT molecular complexity index is 1100. The van der Waals surface area contributed by atoms with Gasteiger partial charge in [-0.1, -0.05) is 38.3 Å². The molecule has 1 saturated heterocycles. The van der Waals surface area contributed by atoms with E-state index in [2.05, 4.69) is 50.5 Å². The van der Waals surface area contributed by atoms with Crippen molar-refractivity contribution >= 4 is 10.9 Å². The van der Waals surface area contributed by atoms with Crippen molar-refractivity contribution in [1.82, 2.24) is 30.1 Å². The van der Waals surface area contributed by atoms with Crippen LogP contribution in [0.3, 0.4) is 0 Å². The Labute approximate surface area is 182 Å². The lowest BCUT2D eigenvalue weighted by Gasteiger charge is -2.36. The normalized spacial score (nSPS) is 20.3. The smallest absolute Gasteiger partial charge is 0.253 e. The number of aromatic nitrogens is 5. The monoisotopic (exact) mass is 420 g/mol. The molecule has 2 aliphatic rings. The molecule has 0 unspecified atom stereocenters. The molecule has 0 bridgehead atoms. The Morgan fingerprint density at radius 2 is 1.84 bits per heavy atom. The molecule has 0 radical (unpaired) electrons. The number of hydrogen-bond donors (Lipinski definition) is 1. The summed E-state index contributed by atoms with van der Waals surface area (Å²) in [6.45, 7) is 6.26. The molecule has 1 aromatic carbocycles. The molecular formula is C24H32N6O. The summed E-state index contributed by atoms with van der Waals surface area (Å²) < 4.78 is 2.03. The number of benzene rings is 1. The van der Waals surface area contributed by atoms with Crippen LogP contribution in [0, 0.1) is 12.8 Å². The van der Waals surface area contributed by atoms with Gasteiger partial charge in [0.1, 0.15) is 6.04 Å².